The first-order valence-corrected chi connectivity index (χ1v) is 6.03. The zero-order valence-corrected chi connectivity index (χ0v) is 11.3. The molecule has 0 aliphatic carbocycles. The highest BCUT2D eigenvalue weighted by atomic mass is 79.9. The van der Waals surface area contributed by atoms with Crippen molar-refractivity contribution >= 4 is 21.9 Å². The number of methoxy groups -OCH3 is 2. The van der Waals surface area contributed by atoms with Crippen LogP contribution in [-0.2, 0) is 21.3 Å². The van der Waals surface area contributed by atoms with E-state index in [2.05, 4.69) is 20.7 Å². The molecule has 16 heavy (non-hydrogen) atoms. The van der Waals surface area contributed by atoms with Gasteiger partial charge in [-0.2, -0.15) is 0 Å². The first kappa shape index (κ1) is 13.0. The Morgan fingerprint density at radius 1 is 1.38 bits per heavy atom. The molecule has 4 heteroatoms. The maximum Gasteiger partial charge on any atom is 0.310 e. The molecule has 3 nitrogen and oxygen atoms in total. The van der Waals surface area contributed by atoms with E-state index in [1.54, 1.807) is 7.11 Å². The number of aryl methyl sites for hydroxylation is 1. The van der Waals surface area contributed by atoms with Crippen LogP contribution in [0.15, 0.2) is 12.1 Å². The molecule has 88 valence electrons. The summed E-state index contributed by atoms with van der Waals surface area (Å²) in [6.45, 7) is 2.00. The first-order valence-electron chi connectivity index (χ1n) is 4.91. The summed E-state index contributed by atoms with van der Waals surface area (Å²) in [6, 6.07) is 3.96. The molecule has 1 rings (SSSR count). The van der Waals surface area contributed by atoms with Gasteiger partial charge in [0.05, 0.1) is 20.6 Å². The Hall–Kier alpha value is -1.03. The second-order valence-electron chi connectivity index (χ2n) is 3.49. The molecule has 0 radical (unpaired) electrons. The molecule has 0 saturated heterocycles. The minimum Gasteiger partial charge on any atom is -0.496 e. The quantitative estimate of drug-likeness (QED) is 0.631. The van der Waals surface area contributed by atoms with Crippen LogP contribution in [0.2, 0.25) is 0 Å². The van der Waals surface area contributed by atoms with E-state index in [4.69, 9.17) is 4.74 Å². The molecule has 0 unspecified atom stereocenters. The molecule has 0 spiro atoms. The Labute approximate surface area is 104 Å². The lowest BCUT2D eigenvalue weighted by Crippen LogP contribution is -2.08. The Morgan fingerprint density at radius 3 is 2.56 bits per heavy atom. The van der Waals surface area contributed by atoms with Crippen LogP contribution in [-0.4, -0.2) is 20.2 Å². The summed E-state index contributed by atoms with van der Waals surface area (Å²) >= 11 is 3.41. The standard InChI is InChI=1S/C12H15BrO3/c1-8-4-9(7-13)10(6-12(14)16-3)11(5-8)15-2/h4-5H,6-7H2,1-3H3. The van der Waals surface area contributed by atoms with Crippen molar-refractivity contribution in [3.8, 4) is 5.75 Å². The van der Waals surface area contributed by atoms with Crippen LogP contribution in [0.4, 0.5) is 0 Å². The van der Waals surface area contributed by atoms with Crippen LogP contribution in [0.1, 0.15) is 16.7 Å². The average Bonchev–Trinajstić information content (AvgIpc) is 2.30. The smallest absolute Gasteiger partial charge is 0.310 e. The van der Waals surface area contributed by atoms with Crippen molar-refractivity contribution in [1.82, 2.24) is 0 Å². The molecule has 1 aromatic rings. The van der Waals surface area contributed by atoms with Gasteiger partial charge in [-0.25, -0.2) is 0 Å². The summed E-state index contributed by atoms with van der Waals surface area (Å²) in [5.74, 6) is 0.476. The monoisotopic (exact) mass is 286 g/mol. The van der Waals surface area contributed by atoms with Crippen molar-refractivity contribution in [2.75, 3.05) is 14.2 Å². The highest BCUT2D eigenvalue weighted by Gasteiger charge is 2.13. The van der Waals surface area contributed by atoms with Gasteiger partial charge in [0.15, 0.2) is 0 Å². The normalized spacial score (nSPS) is 10.0. The van der Waals surface area contributed by atoms with Crippen molar-refractivity contribution in [3.63, 3.8) is 0 Å². The summed E-state index contributed by atoms with van der Waals surface area (Å²) in [5.41, 5.74) is 3.05. The fraction of sp³-hybridized carbons (Fsp3) is 0.417. The topological polar surface area (TPSA) is 35.5 Å². The summed E-state index contributed by atoms with van der Waals surface area (Å²) in [5, 5.41) is 0.692. The molecule has 0 atom stereocenters. The molecule has 0 fully saturated rings. The van der Waals surface area contributed by atoms with Crippen molar-refractivity contribution in [2.45, 2.75) is 18.7 Å². The largest absolute Gasteiger partial charge is 0.496 e. The van der Waals surface area contributed by atoms with Crippen LogP contribution >= 0.6 is 15.9 Å². The van der Waals surface area contributed by atoms with Gasteiger partial charge in [0, 0.05) is 10.9 Å². The van der Waals surface area contributed by atoms with Crippen molar-refractivity contribution < 1.29 is 14.3 Å². The maximum absolute atomic E-state index is 11.3. The predicted molar refractivity (Wildman–Crippen MR) is 66.1 cm³/mol. The van der Waals surface area contributed by atoms with E-state index in [0.717, 1.165) is 22.4 Å². The first-order chi connectivity index (χ1) is 7.62. The van der Waals surface area contributed by atoms with Crippen LogP contribution in [0, 0.1) is 6.92 Å². The lowest BCUT2D eigenvalue weighted by molar-refractivity contribution is -0.139. The Bertz CT molecular complexity index is 363. The summed E-state index contributed by atoms with van der Waals surface area (Å²) in [7, 11) is 2.99. The third kappa shape index (κ3) is 2.98. The van der Waals surface area contributed by atoms with E-state index < -0.39 is 0 Å². The van der Waals surface area contributed by atoms with E-state index in [9.17, 15) is 4.79 Å². The molecule has 0 amide bonds. The SMILES string of the molecule is COC(=O)Cc1c(CBr)cc(C)cc1OC. The van der Waals surface area contributed by atoms with E-state index in [-0.39, 0.29) is 12.4 Å². The number of carbonyl (C=O) groups is 1. The fourth-order valence-corrected chi connectivity index (χ4v) is 2.07. The number of benzene rings is 1. The van der Waals surface area contributed by atoms with Crippen LogP contribution in [0.3, 0.4) is 0 Å². The van der Waals surface area contributed by atoms with Gasteiger partial charge in [0.2, 0.25) is 0 Å². The second-order valence-corrected chi connectivity index (χ2v) is 4.05. The third-order valence-corrected chi connectivity index (χ3v) is 2.96. The molecule has 1 aromatic carbocycles. The highest BCUT2D eigenvalue weighted by molar-refractivity contribution is 9.08. The van der Waals surface area contributed by atoms with Gasteiger partial charge in [-0.05, 0) is 24.1 Å². The maximum atomic E-state index is 11.3. The molecule has 0 bridgehead atoms. The number of rotatable bonds is 4. The number of hydrogen-bond donors (Lipinski definition) is 0. The number of carbonyl (C=O) groups excluding carboxylic acids is 1. The Kier molecular flexibility index (Phi) is 4.80. The van der Waals surface area contributed by atoms with Gasteiger partial charge in [-0.1, -0.05) is 22.0 Å². The number of esters is 1. The molecule has 0 N–H and O–H groups in total. The minimum absolute atomic E-state index is 0.237. The molecule has 0 aliphatic rings. The number of hydrogen-bond acceptors (Lipinski definition) is 3. The van der Waals surface area contributed by atoms with Gasteiger partial charge in [-0.3, -0.25) is 4.79 Å². The Balaban J connectivity index is 3.16. The molecular formula is C12H15BrO3. The van der Waals surface area contributed by atoms with E-state index >= 15 is 0 Å². The minimum atomic E-state index is -0.260. The van der Waals surface area contributed by atoms with Crippen molar-refractivity contribution in [1.29, 1.82) is 0 Å². The van der Waals surface area contributed by atoms with E-state index in [0.29, 0.717) is 5.33 Å². The number of ether oxygens (including phenoxy) is 2. The predicted octanol–water partition coefficient (Wildman–Crippen LogP) is 2.61. The summed E-state index contributed by atoms with van der Waals surface area (Å²) in [4.78, 5) is 11.3. The highest BCUT2D eigenvalue weighted by Crippen LogP contribution is 2.27. The molecule has 0 aromatic heterocycles. The zero-order valence-electron chi connectivity index (χ0n) is 9.67. The lowest BCUT2D eigenvalue weighted by Gasteiger charge is -2.13. The molecule has 0 heterocycles. The van der Waals surface area contributed by atoms with Crippen LogP contribution in [0.25, 0.3) is 0 Å². The van der Waals surface area contributed by atoms with Gasteiger partial charge >= 0.3 is 5.97 Å². The van der Waals surface area contributed by atoms with Gasteiger partial charge in [0.1, 0.15) is 5.75 Å². The van der Waals surface area contributed by atoms with Gasteiger partial charge < -0.3 is 9.47 Å². The van der Waals surface area contributed by atoms with Crippen molar-refractivity contribution in [3.05, 3.63) is 28.8 Å². The van der Waals surface area contributed by atoms with Gasteiger partial charge in [0.25, 0.3) is 0 Å². The molecule has 0 saturated carbocycles. The van der Waals surface area contributed by atoms with E-state index in [1.165, 1.54) is 7.11 Å². The molecular weight excluding hydrogens is 272 g/mol. The Morgan fingerprint density at radius 2 is 2.06 bits per heavy atom. The molecule has 0 aliphatic heterocycles. The summed E-state index contributed by atoms with van der Waals surface area (Å²) in [6.07, 6.45) is 0.237. The average molecular weight is 287 g/mol. The van der Waals surface area contributed by atoms with Crippen LogP contribution in [0.5, 0.6) is 5.75 Å². The third-order valence-electron chi connectivity index (χ3n) is 2.36. The summed E-state index contributed by atoms with van der Waals surface area (Å²) < 4.78 is 9.96. The fourth-order valence-electron chi connectivity index (χ4n) is 1.57. The van der Waals surface area contributed by atoms with Crippen LogP contribution < -0.4 is 4.74 Å². The second kappa shape index (κ2) is 5.89. The van der Waals surface area contributed by atoms with E-state index in [1.807, 2.05) is 19.1 Å². The zero-order chi connectivity index (χ0) is 12.1. The lowest BCUT2D eigenvalue weighted by atomic mass is 10.0. The van der Waals surface area contributed by atoms with Gasteiger partial charge in [-0.15, -0.1) is 0 Å². The van der Waals surface area contributed by atoms with Crippen molar-refractivity contribution in [2.24, 2.45) is 0 Å². The number of alkyl halides is 1. The number of halogens is 1.